The molecule has 0 radical (unpaired) electrons. The molecule has 0 saturated carbocycles. The number of nitrogens with one attached hydrogen (secondary N) is 2. The smallest absolute Gasteiger partial charge is 0.272 e. The van der Waals surface area contributed by atoms with Crippen LogP contribution in [-0.2, 0) is 4.79 Å². The summed E-state index contributed by atoms with van der Waals surface area (Å²) in [5.41, 5.74) is 0.983. The number of aryl methyl sites for hydroxylation is 1. The van der Waals surface area contributed by atoms with Crippen LogP contribution < -0.4 is 10.6 Å². The van der Waals surface area contributed by atoms with E-state index >= 15 is 0 Å². The van der Waals surface area contributed by atoms with E-state index in [0.29, 0.717) is 13.0 Å². The van der Waals surface area contributed by atoms with Crippen molar-refractivity contribution in [1.82, 2.24) is 20.6 Å². The average Bonchev–Trinajstić information content (AvgIpc) is 2.56. The third-order valence-corrected chi connectivity index (χ3v) is 2.85. The summed E-state index contributed by atoms with van der Waals surface area (Å²) in [4.78, 5) is 31.6. The molecular weight excluding hydrogens is 232 g/mol. The van der Waals surface area contributed by atoms with Crippen LogP contribution in [0.1, 0.15) is 35.4 Å². The van der Waals surface area contributed by atoms with Crippen LogP contribution in [0.15, 0.2) is 12.4 Å². The second-order valence-corrected chi connectivity index (χ2v) is 4.36. The van der Waals surface area contributed by atoms with Gasteiger partial charge in [0.25, 0.3) is 5.91 Å². The number of amides is 2. The Morgan fingerprint density at radius 1 is 1.39 bits per heavy atom. The van der Waals surface area contributed by atoms with Gasteiger partial charge >= 0.3 is 0 Å². The molecule has 2 N–H and O–H groups in total. The van der Waals surface area contributed by atoms with Crippen LogP contribution in [0.5, 0.6) is 0 Å². The number of carbonyl (C=O) groups excluding carboxylic acids is 2. The van der Waals surface area contributed by atoms with E-state index < -0.39 is 6.04 Å². The lowest BCUT2D eigenvalue weighted by Crippen LogP contribution is -2.45. The van der Waals surface area contributed by atoms with Gasteiger partial charge in [0.05, 0.1) is 11.9 Å². The Balaban J connectivity index is 2.01. The summed E-state index contributed by atoms with van der Waals surface area (Å²) >= 11 is 0. The molecule has 96 valence electrons. The molecule has 1 aliphatic heterocycles. The summed E-state index contributed by atoms with van der Waals surface area (Å²) in [5, 5.41) is 5.46. The van der Waals surface area contributed by atoms with Gasteiger partial charge in [-0.1, -0.05) is 0 Å². The van der Waals surface area contributed by atoms with Gasteiger partial charge in [-0.25, -0.2) is 4.98 Å². The lowest BCUT2D eigenvalue weighted by Gasteiger charge is -2.14. The third kappa shape index (κ3) is 3.03. The highest BCUT2D eigenvalue weighted by Crippen LogP contribution is 2.06. The maximum absolute atomic E-state index is 11.9. The normalized spacial score (nSPS) is 19.8. The van der Waals surface area contributed by atoms with Crippen molar-refractivity contribution in [3.63, 3.8) is 0 Å². The topological polar surface area (TPSA) is 84.0 Å². The maximum atomic E-state index is 11.9. The molecule has 0 aliphatic carbocycles. The van der Waals surface area contributed by atoms with Crippen molar-refractivity contribution in [2.75, 3.05) is 6.54 Å². The van der Waals surface area contributed by atoms with Gasteiger partial charge in [-0.3, -0.25) is 14.6 Å². The molecule has 1 aromatic heterocycles. The van der Waals surface area contributed by atoms with Crippen LogP contribution >= 0.6 is 0 Å². The van der Waals surface area contributed by atoms with Crippen LogP contribution in [0.4, 0.5) is 0 Å². The molecule has 2 amide bonds. The van der Waals surface area contributed by atoms with Gasteiger partial charge in [-0.2, -0.15) is 0 Å². The Kier molecular flexibility index (Phi) is 3.86. The molecule has 1 aliphatic rings. The van der Waals surface area contributed by atoms with E-state index in [1.807, 2.05) is 0 Å². The molecule has 6 nitrogen and oxygen atoms in total. The fourth-order valence-corrected chi connectivity index (χ4v) is 1.82. The van der Waals surface area contributed by atoms with Crippen LogP contribution in [-0.4, -0.2) is 34.4 Å². The molecule has 0 bridgehead atoms. The van der Waals surface area contributed by atoms with Gasteiger partial charge < -0.3 is 10.6 Å². The average molecular weight is 248 g/mol. The molecule has 2 rings (SSSR count). The van der Waals surface area contributed by atoms with Crippen LogP contribution in [0.2, 0.25) is 0 Å². The van der Waals surface area contributed by atoms with Crippen molar-refractivity contribution < 1.29 is 9.59 Å². The zero-order valence-electron chi connectivity index (χ0n) is 10.3. The standard InChI is InChI=1S/C12H16N4O2/c1-8-6-15-10(7-14-8)12(18)16-9-4-2-3-5-13-11(9)17/h6-7,9H,2-5H2,1H3,(H,13,17)(H,16,18). The Morgan fingerprint density at radius 3 is 2.94 bits per heavy atom. The second kappa shape index (κ2) is 5.57. The summed E-state index contributed by atoms with van der Waals surface area (Å²) in [7, 11) is 0. The first-order valence-electron chi connectivity index (χ1n) is 6.04. The first-order valence-corrected chi connectivity index (χ1v) is 6.04. The molecule has 0 aromatic carbocycles. The Bertz CT molecular complexity index is 444. The van der Waals surface area contributed by atoms with Gasteiger partial charge in [0.2, 0.25) is 5.91 Å². The minimum atomic E-state index is -0.469. The number of nitrogens with zero attached hydrogens (tertiary/aromatic N) is 2. The third-order valence-electron chi connectivity index (χ3n) is 2.85. The van der Waals surface area contributed by atoms with Crippen molar-refractivity contribution in [3.05, 3.63) is 23.8 Å². The first-order chi connectivity index (χ1) is 8.66. The highest BCUT2D eigenvalue weighted by Gasteiger charge is 2.23. The van der Waals surface area contributed by atoms with E-state index in [1.165, 1.54) is 12.4 Å². The quantitative estimate of drug-likeness (QED) is 0.782. The van der Waals surface area contributed by atoms with Gasteiger partial charge in [0.1, 0.15) is 11.7 Å². The fourth-order valence-electron chi connectivity index (χ4n) is 1.82. The summed E-state index contributed by atoms with van der Waals surface area (Å²) in [6.45, 7) is 2.48. The van der Waals surface area contributed by atoms with E-state index in [2.05, 4.69) is 20.6 Å². The Labute approximate surface area is 105 Å². The van der Waals surface area contributed by atoms with E-state index in [4.69, 9.17) is 0 Å². The number of hydrogen-bond donors (Lipinski definition) is 2. The lowest BCUT2D eigenvalue weighted by atomic mass is 10.1. The van der Waals surface area contributed by atoms with Crippen molar-refractivity contribution in [3.8, 4) is 0 Å². The first kappa shape index (κ1) is 12.5. The summed E-state index contributed by atoms with van der Waals surface area (Å²) in [6.07, 6.45) is 5.48. The van der Waals surface area contributed by atoms with E-state index in [1.54, 1.807) is 6.92 Å². The predicted molar refractivity (Wildman–Crippen MR) is 64.9 cm³/mol. The molecule has 18 heavy (non-hydrogen) atoms. The Hall–Kier alpha value is -1.98. The largest absolute Gasteiger partial charge is 0.354 e. The molecular formula is C12H16N4O2. The predicted octanol–water partition coefficient (Wildman–Crippen LogP) is 0.184. The minimum absolute atomic E-state index is 0.124. The van der Waals surface area contributed by atoms with Gasteiger partial charge in [0, 0.05) is 12.7 Å². The molecule has 0 spiro atoms. The molecule has 1 atom stereocenters. The highest BCUT2D eigenvalue weighted by molar-refractivity contribution is 5.95. The maximum Gasteiger partial charge on any atom is 0.272 e. The number of hydrogen-bond acceptors (Lipinski definition) is 4. The zero-order valence-corrected chi connectivity index (χ0v) is 10.3. The van der Waals surface area contributed by atoms with Crippen LogP contribution in [0.3, 0.4) is 0 Å². The van der Waals surface area contributed by atoms with Gasteiger partial charge in [-0.15, -0.1) is 0 Å². The van der Waals surface area contributed by atoms with Crippen LogP contribution in [0.25, 0.3) is 0 Å². The van der Waals surface area contributed by atoms with Gasteiger partial charge in [-0.05, 0) is 26.2 Å². The van der Waals surface area contributed by atoms with Crippen LogP contribution in [0, 0.1) is 6.92 Å². The van der Waals surface area contributed by atoms with E-state index in [0.717, 1.165) is 18.5 Å². The number of rotatable bonds is 2. The van der Waals surface area contributed by atoms with Crippen molar-refractivity contribution in [2.24, 2.45) is 0 Å². The van der Waals surface area contributed by atoms with E-state index in [-0.39, 0.29) is 17.5 Å². The Morgan fingerprint density at radius 2 is 2.22 bits per heavy atom. The second-order valence-electron chi connectivity index (χ2n) is 4.36. The SMILES string of the molecule is Cc1cnc(C(=O)NC2CCCCNC2=O)cn1. The zero-order chi connectivity index (χ0) is 13.0. The molecule has 1 unspecified atom stereocenters. The monoisotopic (exact) mass is 248 g/mol. The summed E-state index contributed by atoms with van der Waals surface area (Å²) in [5.74, 6) is -0.481. The summed E-state index contributed by atoms with van der Waals surface area (Å²) in [6, 6.07) is -0.469. The van der Waals surface area contributed by atoms with E-state index in [9.17, 15) is 9.59 Å². The molecule has 1 fully saturated rings. The highest BCUT2D eigenvalue weighted by atomic mass is 16.2. The molecule has 2 heterocycles. The van der Waals surface area contributed by atoms with Gasteiger partial charge in [0.15, 0.2) is 0 Å². The molecule has 1 aromatic rings. The fraction of sp³-hybridized carbons (Fsp3) is 0.500. The molecule has 6 heteroatoms. The minimum Gasteiger partial charge on any atom is -0.354 e. The molecule has 1 saturated heterocycles. The lowest BCUT2D eigenvalue weighted by molar-refractivity contribution is -0.122. The number of aromatic nitrogens is 2. The number of carbonyl (C=O) groups is 2. The van der Waals surface area contributed by atoms with Crippen molar-refractivity contribution >= 4 is 11.8 Å². The summed E-state index contributed by atoms with van der Waals surface area (Å²) < 4.78 is 0. The van der Waals surface area contributed by atoms with Crippen molar-refractivity contribution in [1.29, 1.82) is 0 Å². The van der Waals surface area contributed by atoms with Crippen molar-refractivity contribution in [2.45, 2.75) is 32.2 Å².